The van der Waals surface area contributed by atoms with E-state index >= 15 is 0 Å². The van der Waals surface area contributed by atoms with E-state index in [9.17, 15) is 22.4 Å². The summed E-state index contributed by atoms with van der Waals surface area (Å²) in [6.07, 6.45) is -4.79. The van der Waals surface area contributed by atoms with Crippen molar-refractivity contribution >= 4 is 23.1 Å². The summed E-state index contributed by atoms with van der Waals surface area (Å²) in [6, 6.07) is 3.57. The van der Waals surface area contributed by atoms with E-state index in [1.807, 2.05) is 0 Å². The number of benzene rings is 1. The number of alkyl halides is 3. The Bertz CT molecular complexity index is 778. The van der Waals surface area contributed by atoms with Crippen LogP contribution >= 0.6 is 11.6 Å². The minimum Gasteiger partial charge on any atom is -0.481 e. The Balaban J connectivity index is 2.65. The average molecular weight is 349 g/mol. The van der Waals surface area contributed by atoms with E-state index in [1.165, 1.54) is 7.11 Å². The number of hydrogen-bond donors (Lipinski definition) is 1. The molecule has 0 atom stereocenters. The molecule has 0 amide bonds. The third-order valence-electron chi connectivity index (χ3n) is 2.95. The molecule has 0 aliphatic carbocycles. The molecule has 0 saturated carbocycles. The number of ketones is 1. The van der Waals surface area contributed by atoms with E-state index in [0.29, 0.717) is 6.07 Å². The summed E-state index contributed by atoms with van der Waals surface area (Å²) in [5.74, 6) is -2.30. The lowest BCUT2D eigenvalue weighted by molar-refractivity contribution is -0.137. The highest BCUT2D eigenvalue weighted by Gasteiger charge is 2.36. The molecule has 23 heavy (non-hydrogen) atoms. The normalized spacial score (nSPS) is 11.4. The fourth-order valence-electron chi connectivity index (χ4n) is 1.86. The molecular formula is C14H9ClF4N2O2. The fourth-order valence-corrected chi connectivity index (χ4v) is 2.22. The monoisotopic (exact) mass is 348 g/mol. The fraction of sp³-hybridized carbons (Fsp3) is 0.143. The van der Waals surface area contributed by atoms with Gasteiger partial charge in [0.05, 0.1) is 23.3 Å². The molecule has 1 aromatic heterocycles. The quantitative estimate of drug-likeness (QED) is 0.521. The first-order chi connectivity index (χ1) is 10.7. The lowest BCUT2D eigenvalue weighted by Crippen LogP contribution is -2.15. The maximum atomic E-state index is 13.8. The molecule has 2 aromatic rings. The first kappa shape index (κ1) is 17.0. The van der Waals surface area contributed by atoms with Crippen LogP contribution in [0.15, 0.2) is 24.3 Å². The molecule has 2 rings (SSSR count). The van der Waals surface area contributed by atoms with Gasteiger partial charge >= 0.3 is 6.18 Å². The molecule has 0 saturated heterocycles. The van der Waals surface area contributed by atoms with Crippen LogP contribution in [0.5, 0.6) is 5.88 Å². The van der Waals surface area contributed by atoms with Crippen LogP contribution in [0, 0.1) is 5.82 Å². The number of aromatic nitrogens is 1. The summed E-state index contributed by atoms with van der Waals surface area (Å²) < 4.78 is 57.2. The largest absolute Gasteiger partial charge is 0.481 e. The standard InChI is InChI=1S/C14H9ClF4N2O2/c1-23-9-5-3-7(16)12(21-9)13(22)10-8(20)4-2-6(11(10)15)14(17,18)19/h2-5H,20H2,1H3. The minimum absolute atomic E-state index is 0.0866. The second kappa shape index (κ2) is 6.04. The van der Waals surface area contributed by atoms with Crippen molar-refractivity contribution in [3.8, 4) is 5.88 Å². The Morgan fingerprint density at radius 1 is 1.26 bits per heavy atom. The summed E-state index contributed by atoms with van der Waals surface area (Å²) in [7, 11) is 1.24. The predicted molar refractivity (Wildman–Crippen MR) is 75.0 cm³/mol. The smallest absolute Gasteiger partial charge is 0.417 e. The predicted octanol–water partition coefficient (Wildman–Crippen LogP) is 3.71. The molecule has 122 valence electrons. The van der Waals surface area contributed by atoms with Crippen molar-refractivity contribution in [2.24, 2.45) is 0 Å². The molecule has 0 fully saturated rings. The van der Waals surface area contributed by atoms with E-state index in [0.717, 1.165) is 18.2 Å². The lowest BCUT2D eigenvalue weighted by Gasteiger charge is -2.14. The van der Waals surface area contributed by atoms with Gasteiger partial charge in [0.1, 0.15) is 0 Å². The highest BCUT2D eigenvalue weighted by Crippen LogP contribution is 2.39. The van der Waals surface area contributed by atoms with E-state index < -0.39 is 39.6 Å². The van der Waals surface area contributed by atoms with Gasteiger partial charge in [-0.1, -0.05) is 11.6 Å². The van der Waals surface area contributed by atoms with Crippen LogP contribution < -0.4 is 10.5 Å². The number of anilines is 1. The van der Waals surface area contributed by atoms with Crippen molar-refractivity contribution in [3.05, 3.63) is 51.9 Å². The molecular weight excluding hydrogens is 340 g/mol. The summed E-state index contributed by atoms with van der Waals surface area (Å²) in [6.45, 7) is 0. The van der Waals surface area contributed by atoms with E-state index in [4.69, 9.17) is 22.1 Å². The summed E-state index contributed by atoms with van der Waals surface area (Å²) in [5.41, 5.74) is 2.56. The minimum atomic E-state index is -4.79. The van der Waals surface area contributed by atoms with Crippen LogP contribution in [-0.2, 0) is 6.18 Å². The number of nitrogens with two attached hydrogens (primary N) is 1. The average Bonchev–Trinajstić information content (AvgIpc) is 2.46. The highest BCUT2D eigenvalue weighted by molar-refractivity contribution is 6.36. The molecule has 0 radical (unpaired) electrons. The number of carbonyl (C=O) groups is 1. The number of hydrogen-bond acceptors (Lipinski definition) is 4. The third kappa shape index (κ3) is 3.21. The third-order valence-corrected chi connectivity index (χ3v) is 3.34. The van der Waals surface area contributed by atoms with Gasteiger partial charge in [-0.3, -0.25) is 4.79 Å². The van der Waals surface area contributed by atoms with Crippen LogP contribution in [0.1, 0.15) is 21.6 Å². The van der Waals surface area contributed by atoms with Gasteiger partial charge in [0, 0.05) is 11.8 Å². The molecule has 0 aliphatic rings. The Morgan fingerprint density at radius 2 is 1.91 bits per heavy atom. The summed E-state index contributed by atoms with van der Waals surface area (Å²) >= 11 is 5.67. The Kier molecular flexibility index (Phi) is 4.46. The van der Waals surface area contributed by atoms with Gasteiger partial charge in [-0.25, -0.2) is 9.37 Å². The zero-order chi connectivity index (χ0) is 17.4. The molecule has 0 bridgehead atoms. The van der Waals surface area contributed by atoms with Gasteiger partial charge in [-0.15, -0.1) is 0 Å². The van der Waals surface area contributed by atoms with E-state index in [2.05, 4.69) is 4.98 Å². The first-order valence-electron chi connectivity index (χ1n) is 6.07. The maximum Gasteiger partial charge on any atom is 0.417 e. The van der Waals surface area contributed by atoms with Gasteiger partial charge in [-0.2, -0.15) is 13.2 Å². The number of methoxy groups -OCH3 is 1. The Hall–Kier alpha value is -2.35. The first-order valence-corrected chi connectivity index (χ1v) is 6.45. The lowest BCUT2D eigenvalue weighted by atomic mass is 10.0. The molecule has 4 nitrogen and oxygen atoms in total. The van der Waals surface area contributed by atoms with Gasteiger partial charge in [-0.05, 0) is 18.2 Å². The number of halogens is 5. The summed E-state index contributed by atoms with van der Waals surface area (Å²) in [5, 5.41) is -0.911. The summed E-state index contributed by atoms with van der Waals surface area (Å²) in [4.78, 5) is 16.0. The molecule has 1 aromatic carbocycles. The number of rotatable bonds is 3. The van der Waals surface area contributed by atoms with Gasteiger partial charge in [0.15, 0.2) is 11.5 Å². The number of ether oxygens (including phenoxy) is 1. The van der Waals surface area contributed by atoms with Crippen molar-refractivity contribution < 1.29 is 27.1 Å². The van der Waals surface area contributed by atoms with Crippen LogP contribution in [0.4, 0.5) is 23.2 Å². The molecule has 2 N–H and O–H groups in total. The highest BCUT2D eigenvalue weighted by atomic mass is 35.5. The van der Waals surface area contributed by atoms with Crippen molar-refractivity contribution in [1.82, 2.24) is 4.98 Å². The van der Waals surface area contributed by atoms with Gasteiger partial charge in [0.25, 0.3) is 0 Å². The van der Waals surface area contributed by atoms with Crippen molar-refractivity contribution in [2.75, 3.05) is 12.8 Å². The number of nitrogen functional groups attached to an aromatic ring is 1. The molecule has 9 heteroatoms. The zero-order valence-electron chi connectivity index (χ0n) is 11.5. The SMILES string of the molecule is COc1ccc(F)c(C(=O)c2c(N)ccc(C(F)(F)F)c2Cl)n1. The second-order valence-corrected chi connectivity index (χ2v) is 4.78. The van der Waals surface area contributed by atoms with E-state index in [1.54, 1.807) is 0 Å². The molecule has 0 unspecified atom stereocenters. The van der Waals surface area contributed by atoms with Crippen molar-refractivity contribution in [1.29, 1.82) is 0 Å². The van der Waals surface area contributed by atoms with Crippen LogP contribution in [0.3, 0.4) is 0 Å². The Morgan fingerprint density at radius 3 is 2.48 bits per heavy atom. The number of nitrogens with zero attached hydrogens (tertiary/aromatic N) is 1. The maximum absolute atomic E-state index is 13.8. The van der Waals surface area contributed by atoms with Crippen LogP contribution in [-0.4, -0.2) is 17.9 Å². The topological polar surface area (TPSA) is 65.2 Å². The zero-order valence-corrected chi connectivity index (χ0v) is 12.3. The van der Waals surface area contributed by atoms with Crippen molar-refractivity contribution in [2.45, 2.75) is 6.18 Å². The molecule has 0 aliphatic heterocycles. The van der Waals surface area contributed by atoms with E-state index in [-0.39, 0.29) is 11.6 Å². The van der Waals surface area contributed by atoms with Crippen molar-refractivity contribution in [3.63, 3.8) is 0 Å². The molecule has 1 heterocycles. The second-order valence-electron chi connectivity index (χ2n) is 4.40. The van der Waals surface area contributed by atoms with Crippen LogP contribution in [0.25, 0.3) is 0 Å². The van der Waals surface area contributed by atoms with Gasteiger partial charge < -0.3 is 10.5 Å². The number of carbonyl (C=O) groups excluding carboxylic acids is 1. The number of pyridine rings is 1. The van der Waals surface area contributed by atoms with Crippen LogP contribution in [0.2, 0.25) is 5.02 Å². The van der Waals surface area contributed by atoms with Gasteiger partial charge in [0.2, 0.25) is 11.7 Å². The molecule has 0 spiro atoms. The Labute approximate surface area is 132 Å².